The van der Waals surface area contributed by atoms with Crippen LogP contribution in [0.4, 0.5) is 11.9 Å². The third-order valence-corrected chi connectivity index (χ3v) is 4.73. The number of H-pyrrole nitrogens is 1. The van der Waals surface area contributed by atoms with Crippen molar-refractivity contribution in [2.45, 2.75) is 31.7 Å². The molecular weight excluding hydrogens is 266 g/mol. The van der Waals surface area contributed by atoms with E-state index >= 15 is 0 Å². The van der Waals surface area contributed by atoms with Gasteiger partial charge in [0.05, 0.1) is 0 Å². The zero-order valence-corrected chi connectivity index (χ0v) is 11.9. The van der Waals surface area contributed by atoms with Gasteiger partial charge in [0, 0.05) is 31.5 Å². The number of rotatable bonds is 3. The lowest BCUT2D eigenvalue weighted by Crippen LogP contribution is -2.28. The van der Waals surface area contributed by atoms with E-state index in [1.165, 1.54) is 32.0 Å². The number of aromatic amines is 1. The molecule has 110 valence electrons. The van der Waals surface area contributed by atoms with Gasteiger partial charge < -0.3 is 10.2 Å². The van der Waals surface area contributed by atoms with Crippen LogP contribution in [0.1, 0.15) is 25.7 Å². The predicted molar refractivity (Wildman–Crippen MR) is 78.9 cm³/mol. The Bertz CT molecular complexity index is 585. The fourth-order valence-electron chi connectivity index (χ4n) is 3.73. The molecule has 2 aliphatic rings. The summed E-state index contributed by atoms with van der Waals surface area (Å²) >= 11 is 0. The summed E-state index contributed by atoms with van der Waals surface area (Å²) in [6.07, 6.45) is 10.0. The molecule has 2 atom stereocenters. The molecule has 1 spiro atoms. The van der Waals surface area contributed by atoms with Crippen molar-refractivity contribution in [3.8, 4) is 0 Å². The Balaban J connectivity index is 1.41. The number of anilines is 2. The fraction of sp³-hybridized carbons (Fsp3) is 0.571. The first kappa shape index (κ1) is 12.6. The third-order valence-electron chi connectivity index (χ3n) is 4.73. The predicted octanol–water partition coefficient (Wildman–Crippen LogP) is 1.46. The summed E-state index contributed by atoms with van der Waals surface area (Å²) in [5, 5.41) is 10.2. The Morgan fingerprint density at radius 1 is 1.24 bits per heavy atom. The van der Waals surface area contributed by atoms with E-state index < -0.39 is 0 Å². The van der Waals surface area contributed by atoms with Crippen molar-refractivity contribution >= 4 is 11.9 Å². The molecule has 2 aromatic rings. The molecule has 1 saturated carbocycles. The third kappa shape index (κ3) is 2.43. The number of hydrogen-bond donors (Lipinski definition) is 2. The molecule has 0 amide bonds. The minimum Gasteiger partial charge on any atom is -0.352 e. The molecule has 0 radical (unpaired) electrons. The lowest BCUT2D eigenvalue weighted by molar-refractivity contribution is 0.337. The molecular formula is C14H19N7. The molecule has 2 unspecified atom stereocenters. The van der Waals surface area contributed by atoms with Gasteiger partial charge in [0.25, 0.3) is 0 Å². The van der Waals surface area contributed by atoms with Gasteiger partial charge in [0.15, 0.2) is 0 Å². The second kappa shape index (κ2) is 4.98. The Morgan fingerprint density at radius 2 is 2.14 bits per heavy atom. The van der Waals surface area contributed by atoms with E-state index in [-0.39, 0.29) is 0 Å². The molecule has 0 bridgehead atoms. The van der Waals surface area contributed by atoms with Crippen LogP contribution in [0.15, 0.2) is 24.8 Å². The van der Waals surface area contributed by atoms with Gasteiger partial charge >= 0.3 is 0 Å². The monoisotopic (exact) mass is 285 g/mol. The van der Waals surface area contributed by atoms with Crippen molar-refractivity contribution in [1.82, 2.24) is 25.1 Å². The number of hydrogen-bond acceptors (Lipinski definition) is 6. The van der Waals surface area contributed by atoms with Gasteiger partial charge in [-0.15, -0.1) is 0 Å². The highest BCUT2D eigenvalue weighted by Crippen LogP contribution is 2.46. The van der Waals surface area contributed by atoms with Crippen molar-refractivity contribution in [2.24, 2.45) is 5.41 Å². The molecule has 2 aromatic heterocycles. The van der Waals surface area contributed by atoms with Gasteiger partial charge in [0.2, 0.25) is 11.9 Å². The van der Waals surface area contributed by atoms with E-state index in [1.807, 2.05) is 18.5 Å². The Labute approximate surface area is 123 Å². The van der Waals surface area contributed by atoms with Crippen molar-refractivity contribution < 1.29 is 0 Å². The van der Waals surface area contributed by atoms with Crippen LogP contribution in [-0.4, -0.2) is 44.3 Å². The highest BCUT2D eigenvalue weighted by Gasteiger charge is 2.44. The first-order chi connectivity index (χ1) is 10.3. The summed E-state index contributed by atoms with van der Waals surface area (Å²) in [5.74, 6) is 1.64. The van der Waals surface area contributed by atoms with Crippen LogP contribution in [0, 0.1) is 5.41 Å². The second-order valence-corrected chi connectivity index (χ2v) is 6.14. The zero-order chi connectivity index (χ0) is 14.1. The smallest absolute Gasteiger partial charge is 0.225 e. The summed E-state index contributed by atoms with van der Waals surface area (Å²) in [7, 11) is 0. The molecule has 7 nitrogen and oxygen atoms in total. The highest BCUT2D eigenvalue weighted by molar-refractivity contribution is 5.33. The van der Waals surface area contributed by atoms with Gasteiger partial charge in [-0.25, -0.2) is 20.1 Å². The van der Waals surface area contributed by atoms with Gasteiger partial charge in [-0.05, 0) is 37.2 Å². The molecule has 1 aliphatic carbocycles. The Morgan fingerprint density at radius 3 is 2.95 bits per heavy atom. The van der Waals surface area contributed by atoms with Crippen LogP contribution in [0.2, 0.25) is 0 Å². The lowest BCUT2D eigenvalue weighted by Gasteiger charge is -2.24. The Kier molecular flexibility index (Phi) is 2.98. The van der Waals surface area contributed by atoms with Gasteiger partial charge in [-0.1, -0.05) is 0 Å². The molecule has 21 heavy (non-hydrogen) atoms. The first-order valence-corrected chi connectivity index (χ1v) is 7.47. The quantitative estimate of drug-likeness (QED) is 0.888. The Hall–Kier alpha value is -2.18. The maximum absolute atomic E-state index is 4.37. The molecule has 3 heterocycles. The molecule has 2 fully saturated rings. The normalized spacial score (nSPS) is 28.4. The van der Waals surface area contributed by atoms with E-state index in [4.69, 9.17) is 0 Å². The average molecular weight is 285 g/mol. The van der Waals surface area contributed by atoms with Crippen LogP contribution in [0.25, 0.3) is 0 Å². The highest BCUT2D eigenvalue weighted by atomic mass is 15.3. The zero-order valence-electron chi connectivity index (χ0n) is 11.9. The molecule has 7 heteroatoms. The van der Waals surface area contributed by atoms with Crippen molar-refractivity contribution in [1.29, 1.82) is 0 Å². The summed E-state index contributed by atoms with van der Waals surface area (Å²) in [6, 6.07) is 2.34. The van der Waals surface area contributed by atoms with Crippen molar-refractivity contribution in [3.05, 3.63) is 24.8 Å². The fourth-order valence-corrected chi connectivity index (χ4v) is 3.73. The lowest BCUT2D eigenvalue weighted by atomic mass is 9.85. The number of nitrogens with one attached hydrogen (secondary N) is 2. The maximum atomic E-state index is 4.37. The number of aromatic nitrogens is 5. The molecule has 4 rings (SSSR count). The summed E-state index contributed by atoms with van der Waals surface area (Å²) < 4.78 is 0. The molecule has 2 N–H and O–H groups in total. The topological polar surface area (TPSA) is 82.6 Å². The van der Waals surface area contributed by atoms with Crippen LogP contribution < -0.4 is 10.2 Å². The van der Waals surface area contributed by atoms with Gasteiger partial charge in [-0.3, -0.25) is 0 Å². The van der Waals surface area contributed by atoms with Crippen LogP contribution in [0.3, 0.4) is 0 Å². The van der Waals surface area contributed by atoms with Crippen molar-refractivity contribution in [3.63, 3.8) is 0 Å². The second-order valence-electron chi connectivity index (χ2n) is 6.14. The molecule has 0 aromatic carbocycles. The average Bonchev–Trinajstić information content (AvgIpc) is 3.24. The largest absolute Gasteiger partial charge is 0.352 e. The van der Waals surface area contributed by atoms with E-state index in [9.17, 15) is 0 Å². The van der Waals surface area contributed by atoms with Crippen molar-refractivity contribution in [2.75, 3.05) is 23.3 Å². The van der Waals surface area contributed by atoms with E-state index in [0.29, 0.717) is 11.5 Å². The van der Waals surface area contributed by atoms with E-state index in [0.717, 1.165) is 25.0 Å². The van der Waals surface area contributed by atoms with Crippen LogP contribution >= 0.6 is 0 Å². The van der Waals surface area contributed by atoms with Gasteiger partial charge in [-0.2, -0.15) is 5.10 Å². The van der Waals surface area contributed by atoms with Crippen LogP contribution in [-0.2, 0) is 0 Å². The van der Waals surface area contributed by atoms with Gasteiger partial charge in [0.1, 0.15) is 6.33 Å². The first-order valence-electron chi connectivity index (χ1n) is 7.47. The SMILES string of the molecule is c1cnc(N2CCC3(CCC(Nc4ncn[nH]4)C3)C2)nc1. The van der Waals surface area contributed by atoms with E-state index in [1.54, 1.807) is 0 Å². The summed E-state index contributed by atoms with van der Waals surface area (Å²) in [6.45, 7) is 2.12. The minimum absolute atomic E-state index is 0.400. The summed E-state index contributed by atoms with van der Waals surface area (Å²) in [5.41, 5.74) is 0.400. The maximum Gasteiger partial charge on any atom is 0.225 e. The molecule has 1 aliphatic heterocycles. The van der Waals surface area contributed by atoms with E-state index in [2.05, 4.69) is 35.4 Å². The minimum atomic E-state index is 0.400. The van der Waals surface area contributed by atoms with Crippen LogP contribution in [0.5, 0.6) is 0 Å². The number of nitrogens with zero attached hydrogens (tertiary/aromatic N) is 5. The summed E-state index contributed by atoms with van der Waals surface area (Å²) in [4.78, 5) is 15.2. The standard InChI is InChI=1S/C14H19N7/c1-5-15-13(16-6-1)21-7-4-14(9-21)3-2-11(8-14)19-12-17-10-18-20-12/h1,5-6,10-11H,2-4,7-9H2,(H2,17,18,19,20). The molecule has 1 saturated heterocycles.